The van der Waals surface area contributed by atoms with Crippen LogP contribution in [0.25, 0.3) is 0 Å². The first-order valence-corrected chi connectivity index (χ1v) is 8.81. The molecular formula is C19H24F3N3O. The van der Waals surface area contributed by atoms with Gasteiger partial charge in [0.2, 0.25) is 5.89 Å². The van der Waals surface area contributed by atoms with Crippen molar-refractivity contribution in [2.45, 2.75) is 70.8 Å². The van der Waals surface area contributed by atoms with Crippen molar-refractivity contribution >= 4 is 0 Å². The average molecular weight is 367 g/mol. The lowest BCUT2D eigenvalue weighted by Crippen LogP contribution is -2.29. The number of hydrogen-bond acceptors (Lipinski definition) is 4. The number of hydrogen-bond donors (Lipinski definition) is 0. The highest BCUT2D eigenvalue weighted by atomic mass is 19.4. The largest absolute Gasteiger partial charge is 0.416 e. The van der Waals surface area contributed by atoms with Crippen LogP contribution in [0.4, 0.5) is 13.2 Å². The molecule has 1 saturated carbocycles. The fraction of sp³-hybridized carbons (Fsp3) is 0.579. The van der Waals surface area contributed by atoms with Crippen LogP contribution < -0.4 is 0 Å². The summed E-state index contributed by atoms with van der Waals surface area (Å²) in [5.74, 6) is 1.13. The quantitative estimate of drug-likeness (QED) is 0.736. The molecule has 1 heterocycles. The van der Waals surface area contributed by atoms with E-state index in [1.165, 1.54) is 12.1 Å². The van der Waals surface area contributed by atoms with Gasteiger partial charge in [-0.25, -0.2) is 0 Å². The Morgan fingerprint density at radius 2 is 1.92 bits per heavy atom. The van der Waals surface area contributed by atoms with Crippen molar-refractivity contribution in [3.63, 3.8) is 0 Å². The fourth-order valence-corrected chi connectivity index (χ4v) is 2.93. The van der Waals surface area contributed by atoms with Gasteiger partial charge in [-0.15, -0.1) is 0 Å². The predicted molar refractivity (Wildman–Crippen MR) is 91.4 cm³/mol. The lowest BCUT2D eigenvalue weighted by molar-refractivity contribution is -0.137. The third-order valence-electron chi connectivity index (χ3n) is 4.67. The summed E-state index contributed by atoms with van der Waals surface area (Å²) >= 11 is 0. The van der Waals surface area contributed by atoms with E-state index in [2.05, 4.69) is 15.0 Å². The van der Waals surface area contributed by atoms with Crippen LogP contribution in [0.15, 0.2) is 28.8 Å². The summed E-state index contributed by atoms with van der Waals surface area (Å²) < 4.78 is 44.4. The van der Waals surface area contributed by atoms with E-state index in [9.17, 15) is 13.2 Å². The molecule has 0 saturated heterocycles. The van der Waals surface area contributed by atoms with Crippen LogP contribution in [0.2, 0.25) is 0 Å². The molecule has 7 heteroatoms. The number of alkyl halides is 3. The maximum absolute atomic E-state index is 13.0. The Kier molecular flexibility index (Phi) is 4.86. The third-order valence-corrected chi connectivity index (χ3v) is 4.67. The van der Waals surface area contributed by atoms with Crippen LogP contribution in [0.5, 0.6) is 0 Å². The highest BCUT2D eigenvalue weighted by molar-refractivity contribution is 5.28. The first-order valence-electron chi connectivity index (χ1n) is 8.81. The second-order valence-corrected chi connectivity index (χ2v) is 7.96. The van der Waals surface area contributed by atoms with Gasteiger partial charge in [-0.1, -0.05) is 38.1 Å². The molecule has 142 valence electrons. The summed E-state index contributed by atoms with van der Waals surface area (Å²) in [7, 11) is 0. The second-order valence-electron chi connectivity index (χ2n) is 7.96. The fourth-order valence-electron chi connectivity index (χ4n) is 2.93. The van der Waals surface area contributed by atoms with E-state index < -0.39 is 11.7 Å². The molecule has 1 aliphatic carbocycles. The Morgan fingerprint density at radius 1 is 1.23 bits per heavy atom. The van der Waals surface area contributed by atoms with Gasteiger partial charge in [-0.05, 0) is 37.5 Å². The molecule has 4 nitrogen and oxygen atoms in total. The van der Waals surface area contributed by atoms with Gasteiger partial charge in [-0.3, -0.25) is 4.90 Å². The third kappa shape index (κ3) is 4.26. The summed E-state index contributed by atoms with van der Waals surface area (Å²) in [5, 5.41) is 4.04. The first-order chi connectivity index (χ1) is 12.1. The minimum atomic E-state index is -4.34. The van der Waals surface area contributed by atoms with Gasteiger partial charge in [0.15, 0.2) is 5.82 Å². The Bertz CT molecular complexity index is 760. The Morgan fingerprint density at radius 3 is 2.46 bits per heavy atom. The maximum Gasteiger partial charge on any atom is 0.416 e. The summed E-state index contributed by atoms with van der Waals surface area (Å²) in [6.45, 7) is 8.38. The molecule has 0 bridgehead atoms. The molecule has 1 aliphatic rings. The summed E-state index contributed by atoms with van der Waals surface area (Å²) in [5.41, 5.74) is -0.188. The van der Waals surface area contributed by atoms with E-state index in [1.807, 2.05) is 27.7 Å². The van der Waals surface area contributed by atoms with Gasteiger partial charge >= 0.3 is 6.18 Å². The number of rotatable bonds is 5. The number of benzene rings is 1. The monoisotopic (exact) mass is 367 g/mol. The van der Waals surface area contributed by atoms with Gasteiger partial charge in [0, 0.05) is 17.5 Å². The molecule has 26 heavy (non-hydrogen) atoms. The van der Waals surface area contributed by atoms with E-state index in [-0.39, 0.29) is 11.5 Å². The van der Waals surface area contributed by atoms with Gasteiger partial charge in [0.1, 0.15) is 0 Å². The molecule has 3 rings (SSSR count). The summed E-state index contributed by atoms with van der Waals surface area (Å²) in [6.07, 6.45) is -2.28. The van der Waals surface area contributed by atoms with Crippen molar-refractivity contribution in [3.05, 3.63) is 47.1 Å². The minimum absolute atomic E-state index is 0.171. The predicted octanol–water partition coefficient (Wildman–Crippen LogP) is 5.11. The van der Waals surface area contributed by atoms with Crippen molar-refractivity contribution < 1.29 is 17.7 Å². The minimum Gasteiger partial charge on any atom is -0.338 e. The highest BCUT2D eigenvalue weighted by Gasteiger charge is 2.36. The summed E-state index contributed by atoms with van der Waals surface area (Å²) in [4.78, 5) is 6.61. The average Bonchev–Trinajstić information content (AvgIpc) is 3.27. The normalized spacial score (nSPS) is 16.9. The van der Waals surface area contributed by atoms with Crippen molar-refractivity contribution in [2.24, 2.45) is 0 Å². The van der Waals surface area contributed by atoms with Crippen molar-refractivity contribution in [1.82, 2.24) is 15.0 Å². The molecule has 1 unspecified atom stereocenters. The molecule has 1 fully saturated rings. The van der Waals surface area contributed by atoms with Crippen LogP contribution in [0.3, 0.4) is 0 Å². The zero-order valence-corrected chi connectivity index (χ0v) is 15.5. The number of nitrogens with zero attached hydrogens (tertiary/aromatic N) is 3. The van der Waals surface area contributed by atoms with Crippen molar-refractivity contribution in [2.75, 3.05) is 0 Å². The van der Waals surface area contributed by atoms with E-state index in [0.29, 0.717) is 29.9 Å². The van der Waals surface area contributed by atoms with Crippen molar-refractivity contribution in [1.29, 1.82) is 0 Å². The lowest BCUT2D eigenvalue weighted by atomic mass is 9.96. The summed E-state index contributed by atoms with van der Waals surface area (Å²) in [6, 6.07) is 5.70. The van der Waals surface area contributed by atoms with Crippen LogP contribution in [0.1, 0.15) is 69.4 Å². The van der Waals surface area contributed by atoms with Gasteiger partial charge < -0.3 is 4.52 Å². The highest BCUT2D eigenvalue weighted by Crippen LogP contribution is 2.37. The SMILES string of the molecule is CC(c1cccc(C(F)(F)F)c1)N(Cc1nc(C(C)(C)C)no1)C1CC1. The molecule has 0 spiro atoms. The number of halogens is 3. The molecule has 1 atom stereocenters. The zero-order chi connectivity index (χ0) is 19.1. The standard InChI is InChI=1S/C19H24F3N3O/c1-12(13-6-5-7-14(10-13)19(20,21)22)25(15-8-9-15)11-16-23-17(24-26-16)18(2,3)4/h5-7,10,12,15H,8-9,11H2,1-4H3. The van der Waals surface area contributed by atoms with Crippen LogP contribution in [0, 0.1) is 0 Å². The van der Waals surface area contributed by atoms with Gasteiger partial charge in [-0.2, -0.15) is 18.2 Å². The van der Waals surface area contributed by atoms with Crippen LogP contribution >= 0.6 is 0 Å². The van der Waals surface area contributed by atoms with Crippen molar-refractivity contribution in [3.8, 4) is 0 Å². The molecule has 2 aromatic rings. The van der Waals surface area contributed by atoms with Crippen LogP contribution in [-0.2, 0) is 18.1 Å². The molecule has 1 aromatic carbocycles. The molecule has 0 aliphatic heterocycles. The van der Waals surface area contributed by atoms with Gasteiger partial charge in [0.25, 0.3) is 0 Å². The van der Waals surface area contributed by atoms with E-state index >= 15 is 0 Å². The first kappa shape index (κ1) is 18.9. The smallest absolute Gasteiger partial charge is 0.338 e. The molecule has 0 amide bonds. The van der Waals surface area contributed by atoms with E-state index in [1.54, 1.807) is 6.07 Å². The van der Waals surface area contributed by atoms with E-state index in [4.69, 9.17) is 4.52 Å². The van der Waals surface area contributed by atoms with Gasteiger partial charge in [0.05, 0.1) is 12.1 Å². The Labute approximate surface area is 151 Å². The number of aromatic nitrogens is 2. The molecular weight excluding hydrogens is 343 g/mol. The zero-order valence-electron chi connectivity index (χ0n) is 15.5. The Hall–Kier alpha value is -1.89. The topological polar surface area (TPSA) is 42.2 Å². The lowest BCUT2D eigenvalue weighted by Gasteiger charge is -2.28. The molecule has 1 aromatic heterocycles. The van der Waals surface area contributed by atoms with E-state index in [0.717, 1.165) is 18.9 Å². The molecule has 0 N–H and O–H groups in total. The maximum atomic E-state index is 13.0. The Balaban J connectivity index is 1.81. The molecule has 0 radical (unpaired) electrons. The van der Waals surface area contributed by atoms with Crippen LogP contribution in [-0.4, -0.2) is 21.1 Å². The second kappa shape index (κ2) is 6.68.